The monoisotopic (exact) mass is 383 g/mol. The average molecular weight is 383 g/mol. The van der Waals surface area contributed by atoms with E-state index in [1.807, 2.05) is 73.4 Å². The number of benzene rings is 2. The topological polar surface area (TPSA) is 91.7 Å². The van der Waals surface area contributed by atoms with Crippen LogP contribution in [-0.4, -0.2) is 16.6 Å². The number of nitrogens with zero attached hydrogens (tertiary/aromatic N) is 3. The first-order chi connectivity index (χ1) is 10.7. The third-order valence-corrected chi connectivity index (χ3v) is 3.18. The molecule has 2 aromatic carbocycles. The molecule has 23 heavy (non-hydrogen) atoms. The molecule has 0 saturated carbocycles. The normalized spacial score (nSPS) is 9.09. The third kappa shape index (κ3) is 4.68. The zero-order valence-electron chi connectivity index (χ0n) is 13.1. The second-order valence-electron chi connectivity index (χ2n) is 4.56. The van der Waals surface area contributed by atoms with Gasteiger partial charge < -0.3 is 15.6 Å². The number of imidazole rings is 1. The Balaban J connectivity index is 0.000000235. The molecule has 0 spiro atoms. The van der Waals surface area contributed by atoms with Gasteiger partial charge in [-0.3, -0.25) is 5.32 Å². The molecule has 0 amide bonds. The summed E-state index contributed by atoms with van der Waals surface area (Å²) in [5.74, 6) is 0.573. The second kappa shape index (κ2) is 9.14. The number of aryl methyl sites for hydroxylation is 1. The van der Waals surface area contributed by atoms with E-state index in [4.69, 9.17) is 11.0 Å². The van der Waals surface area contributed by atoms with E-state index in [0.29, 0.717) is 5.95 Å². The molecule has 0 aliphatic rings. The van der Waals surface area contributed by atoms with E-state index in [0.717, 1.165) is 22.4 Å². The zero-order valence-corrected chi connectivity index (χ0v) is 16.0. The smallest absolute Gasteiger partial charge is 0.217 e. The standard InChI is InChI=1S/C9H8N4.C7H10N2.Y/c1-13-8-5-3-2-4-7(8)12-9(13)11-6-10;1-9-7-5-3-2-4-6(7)8;/h2-5H,1H3,(H,11,12);2-5,9H,8H2,1H3;. The molecule has 1 heterocycles. The van der Waals surface area contributed by atoms with Gasteiger partial charge in [-0.25, -0.2) is 4.98 Å². The summed E-state index contributed by atoms with van der Waals surface area (Å²) >= 11 is 0. The Morgan fingerprint density at radius 2 is 1.78 bits per heavy atom. The molecule has 0 unspecified atom stereocenters. The molecule has 0 aliphatic heterocycles. The van der Waals surface area contributed by atoms with E-state index in [2.05, 4.69) is 15.6 Å². The molecule has 0 atom stereocenters. The fourth-order valence-corrected chi connectivity index (χ4v) is 2.03. The van der Waals surface area contributed by atoms with E-state index >= 15 is 0 Å². The summed E-state index contributed by atoms with van der Waals surface area (Å²) in [4.78, 5) is 4.23. The van der Waals surface area contributed by atoms with Crippen molar-refractivity contribution in [2.75, 3.05) is 23.4 Å². The van der Waals surface area contributed by atoms with Gasteiger partial charge in [0.15, 0.2) is 6.19 Å². The van der Waals surface area contributed by atoms with Crippen molar-refractivity contribution in [2.24, 2.45) is 7.05 Å². The van der Waals surface area contributed by atoms with Crippen LogP contribution in [0.4, 0.5) is 17.3 Å². The Labute approximate surface area is 160 Å². The number of nitrogen functional groups attached to an aromatic ring is 1. The maximum atomic E-state index is 8.45. The predicted molar refractivity (Wildman–Crippen MR) is 90.4 cm³/mol. The third-order valence-electron chi connectivity index (χ3n) is 3.18. The predicted octanol–water partition coefficient (Wildman–Crippen LogP) is 2.77. The fraction of sp³-hybridized carbons (Fsp3) is 0.125. The van der Waals surface area contributed by atoms with Crippen LogP contribution in [0.25, 0.3) is 11.0 Å². The number of nitrogens with two attached hydrogens (primary N) is 1. The van der Waals surface area contributed by atoms with Gasteiger partial charge >= 0.3 is 0 Å². The molecule has 3 aromatic rings. The molecule has 0 aliphatic carbocycles. The maximum absolute atomic E-state index is 8.45. The molecular weight excluding hydrogens is 365 g/mol. The largest absolute Gasteiger partial charge is 0.397 e. The van der Waals surface area contributed by atoms with Crippen LogP contribution >= 0.6 is 0 Å². The van der Waals surface area contributed by atoms with Gasteiger partial charge in [-0.2, -0.15) is 5.26 Å². The van der Waals surface area contributed by atoms with Gasteiger partial charge in [-0.1, -0.05) is 24.3 Å². The molecule has 115 valence electrons. The van der Waals surface area contributed by atoms with E-state index < -0.39 is 0 Å². The van der Waals surface area contributed by atoms with Gasteiger partial charge in [-0.05, 0) is 24.3 Å². The number of nitrogens with one attached hydrogen (secondary N) is 2. The molecule has 3 rings (SSSR count). The number of hydrogen-bond donors (Lipinski definition) is 3. The second-order valence-corrected chi connectivity index (χ2v) is 4.56. The zero-order chi connectivity index (χ0) is 15.9. The minimum atomic E-state index is 0. The first-order valence-corrected chi connectivity index (χ1v) is 6.76. The van der Waals surface area contributed by atoms with Gasteiger partial charge in [0.1, 0.15) is 0 Å². The number of aromatic nitrogens is 2. The SMILES string of the molecule is CNc1ccccc1N.Cn1c(NC#N)nc2ccccc21.[Y]. The first kappa shape index (κ1) is 19.0. The van der Waals surface area contributed by atoms with Gasteiger partial charge in [0.05, 0.1) is 22.4 Å². The van der Waals surface area contributed by atoms with Gasteiger partial charge in [-0.15, -0.1) is 0 Å². The van der Waals surface area contributed by atoms with Crippen LogP contribution in [0.2, 0.25) is 0 Å². The number of fused-ring (bicyclic) bond motifs is 1. The van der Waals surface area contributed by atoms with Crippen molar-refractivity contribution in [2.45, 2.75) is 0 Å². The van der Waals surface area contributed by atoms with Gasteiger partial charge in [0, 0.05) is 46.8 Å². The molecular formula is C16H18N6Y. The Morgan fingerprint density at radius 3 is 2.35 bits per heavy atom. The van der Waals surface area contributed by atoms with Crippen LogP contribution in [-0.2, 0) is 39.8 Å². The van der Waals surface area contributed by atoms with Gasteiger partial charge in [0.2, 0.25) is 5.95 Å². The summed E-state index contributed by atoms with van der Waals surface area (Å²) in [6.07, 6.45) is 1.85. The summed E-state index contributed by atoms with van der Waals surface area (Å²) in [6, 6.07) is 15.4. The molecule has 0 bridgehead atoms. The van der Waals surface area contributed by atoms with E-state index in [1.54, 1.807) is 0 Å². The van der Waals surface area contributed by atoms with Crippen LogP contribution in [0.15, 0.2) is 48.5 Å². The number of para-hydroxylation sites is 4. The summed E-state index contributed by atoms with van der Waals surface area (Å²) < 4.78 is 1.85. The van der Waals surface area contributed by atoms with Crippen LogP contribution in [0, 0.1) is 11.5 Å². The molecule has 1 radical (unpaired) electrons. The number of anilines is 3. The van der Waals surface area contributed by atoms with Crippen LogP contribution in [0.3, 0.4) is 0 Å². The first-order valence-electron chi connectivity index (χ1n) is 6.76. The Morgan fingerprint density at radius 1 is 1.13 bits per heavy atom. The van der Waals surface area contributed by atoms with Crippen molar-refractivity contribution in [3.63, 3.8) is 0 Å². The molecule has 6 nitrogen and oxygen atoms in total. The molecule has 0 fully saturated rings. The maximum Gasteiger partial charge on any atom is 0.217 e. The summed E-state index contributed by atoms with van der Waals surface area (Å²) in [6.45, 7) is 0. The Hall–Kier alpha value is -2.10. The van der Waals surface area contributed by atoms with Crippen molar-refractivity contribution in [3.8, 4) is 6.19 Å². The molecule has 0 saturated heterocycles. The minimum Gasteiger partial charge on any atom is -0.397 e. The summed E-state index contributed by atoms with van der Waals surface area (Å²) in [7, 11) is 3.72. The van der Waals surface area contributed by atoms with Crippen molar-refractivity contribution < 1.29 is 32.7 Å². The quantitative estimate of drug-likeness (QED) is 0.360. The average Bonchev–Trinajstić information content (AvgIpc) is 2.86. The Bertz CT molecular complexity index is 806. The number of rotatable bonds is 2. The Kier molecular flexibility index (Phi) is 7.53. The molecule has 7 heteroatoms. The minimum absolute atomic E-state index is 0. The van der Waals surface area contributed by atoms with E-state index in [9.17, 15) is 0 Å². The van der Waals surface area contributed by atoms with Crippen molar-refractivity contribution >= 4 is 28.4 Å². The van der Waals surface area contributed by atoms with Crippen LogP contribution in [0.1, 0.15) is 0 Å². The van der Waals surface area contributed by atoms with Crippen molar-refractivity contribution in [1.29, 1.82) is 5.26 Å². The number of nitriles is 1. The van der Waals surface area contributed by atoms with Crippen molar-refractivity contribution in [3.05, 3.63) is 48.5 Å². The van der Waals surface area contributed by atoms with Crippen molar-refractivity contribution in [1.82, 2.24) is 9.55 Å². The summed E-state index contributed by atoms with van der Waals surface area (Å²) in [5, 5.41) is 13.9. The molecule has 4 N–H and O–H groups in total. The van der Waals surface area contributed by atoms with Gasteiger partial charge in [0.25, 0.3) is 0 Å². The summed E-state index contributed by atoms with van der Waals surface area (Å²) in [5.41, 5.74) is 9.25. The molecule has 1 aromatic heterocycles. The number of hydrogen-bond acceptors (Lipinski definition) is 5. The van der Waals surface area contributed by atoms with Crippen LogP contribution in [0.5, 0.6) is 0 Å². The van der Waals surface area contributed by atoms with Crippen LogP contribution < -0.4 is 16.4 Å². The van der Waals surface area contributed by atoms with E-state index in [1.165, 1.54) is 0 Å². The van der Waals surface area contributed by atoms with E-state index in [-0.39, 0.29) is 32.7 Å². The fourth-order valence-electron chi connectivity index (χ4n) is 2.03.